The number of aromatic nitrogens is 1. The third-order valence-corrected chi connectivity index (χ3v) is 3.52. The van der Waals surface area contributed by atoms with Gasteiger partial charge in [-0.15, -0.1) is 0 Å². The molecule has 0 aliphatic rings. The fraction of sp³-hybridized carbons (Fsp3) is 0.125. The molecule has 4 nitrogen and oxygen atoms in total. The molecule has 1 aromatic heterocycles. The summed E-state index contributed by atoms with van der Waals surface area (Å²) in [6, 6.07) is 11.3. The van der Waals surface area contributed by atoms with Crippen LogP contribution in [0.4, 0.5) is 18.9 Å². The fourth-order valence-corrected chi connectivity index (χ4v) is 2.46. The number of alkyl halides is 3. The van der Waals surface area contributed by atoms with E-state index in [1.165, 1.54) is 18.2 Å². The number of halogens is 3. The second kappa shape index (κ2) is 5.42. The maximum atomic E-state index is 12.7. The van der Waals surface area contributed by atoms with Gasteiger partial charge < -0.3 is 4.98 Å². The highest BCUT2D eigenvalue weighted by Crippen LogP contribution is 2.30. The molecule has 0 aliphatic carbocycles. The third-order valence-electron chi connectivity index (χ3n) is 3.52. The van der Waals surface area contributed by atoms with Gasteiger partial charge in [-0.2, -0.15) is 13.2 Å². The number of hydrogen-bond donors (Lipinski definition) is 1. The largest absolute Gasteiger partial charge is 0.416 e. The standard InChI is InChI=1S/C16H11F3N2O2/c17-16(18,19)12-3-1-2-10(6-12)7-13-8-11-4-5-14(21(22)23)9-15(11)20-13/h1-6,8-9,20H,7H2. The summed E-state index contributed by atoms with van der Waals surface area (Å²) < 4.78 is 38.2. The number of benzene rings is 2. The zero-order valence-corrected chi connectivity index (χ0v) is 11.7. The predicted molar refractivity (Wildman–Crippen MR) is 79.2 cm³/mol. The van der Waals surface area contributed by atoms with Gasteiger partial charge in [-0.25, -0.2) is 0 Å². The Kier molecular flexibility index (Phi) is 3.55. The molecule has 2 aromatic carbocycles. The Bertz CT molecular complexity index is 884. The molecule has 0 radical (unpaired) electrons. The van der Waals surface area contributed by atoms with E-state index in [-0.39, 0.29) is 12.1 Å². The molecule has 3 aromatic rings. The van der Waals surface area contributed by atoms with Crippen molar-refractivity contribution < 1.29 is 18.1 Å². The summed E-state index contributed by atoms with van der Waals surface area (Å²) in [6.45, 7) is 0. The summed E-state index contributed by atoms with van der Waals surface area (Å²) >= 11 is 0. The number of nitro groups is 1. The Labute approximate surface area is 128 Å². The molecule has 0 unspecified atom stereocenters. The maximum absolute atomic E-state index is 12.7. The predicted octanol–water partition coefficient (Wildman–Crippen LogP) is 4.69. The lowest BCUT2D eigenvalue weighted by Gasteiger charge is -2.08. The van der Waals surface area contributed by atoms with Gasteiger partial charge in [-0.05, 0) is 23.8 Å². The monoisotopic (exact) mass is 320 g/mol. The first-order valence-corrected chi connectivity index (χ1v) is 6.75. The first-order chi connectivity index (χ1) is 10.8. The van der Waals surface area contributed by atoms with Gasteiger partial charge >= 0.3 is 6.18 Å². The second-order valence-corrected chi connectivity index (χ2v) is 5.20. The van der Waals surface area contributed by atoms with Crippen LogP contribution in [0.1, 0.15) is 16.8 Å². The molecule has 0 fully saturated rings. The molecule has 23 heavy (non-hydrogen) atoms. The normalized spacial score (nSPS) is 11.8. The summed E-state index contributed by atoms with van der Waals surface area (Å²) in [7, 11) is 0. The Morgan fingerprint density at radius 2 is 1.87 bits per heavy atom. The van der Waals surface area contributed by atoms with E-state index in [2.05, 4.69) is 4.98 Å². The van der Waals surface area contributed by atoms with Crippen LogP contribution in [0.25, 0.3) is 10.9 Å². The van der Waals surface area contributed by atoms with Crippen LogP contribution in [0, 0.1) is 10.1 Å². The number of nitro benzene ring substituents is 1. The molecule has 0 atom stereocenters. The number of fused-ring (bicyclic) bond motifs is 1. The molecular formula is C16H11F3N2O2. The fourth-order valence-electron chi connectivity index (χ4n) is 2.46. The SMILES string of the molecule is O=[N+]([O-])c1ccc2cc(Cc3cccc(C(F)(F)F)c3)[nH]c2c1. The Balaban J connectivity index is 1.91. The van der Waals surface area contributed by atoms with Gasteiger partial charge in [0.05, 0.1) is 16.0 Å². The highest BCUT2D eigenvalue weighted by Gasteiger charge is 2.30. The van der Waals surface area contributed by atoms with Gasteiger partial charge in [0.25, 0.3) is 5.69 Å². The van der Waals surface area contributed by atoms with Gasteiger partial charge in [0.1, 0.15) is 0 Å². The van der Waals surface area contributed by atoms with E-state index in [4.69, 9.17) is 0 Å². The van der Waals surface area contributed by atoms with E-state index in [0.29, 0.717) is 16.8 Å². The van der Waals surface area contributed by atoms with E-state index in [1.807, 2.05) is 0 Å². The maximum Gasteiger partial charge on any atom is 0.416 e. The van der Waals surface area contributed by atoms with E-state index >= 15 is 0 Å². The zero-order chi connectivity index (χ0) is 16.6. The smallest absolute Gasteiger partial charge is 0.358 e. The van der Waals surface area contributed by atoms with Gasteiger partial charge in [0, 0.05) is 29.6 Å². The lowest BCUT2D eigenvalue weighted by atomic mass is 10.1. The van der Waals surface area contributed by atoms with Crippen molar-refractivity contribution in [2.45, 2.75) is 12.6 Å². The minimum atomic E-state index is -4.38. The number of rotatable bonds is 3. The highest BCUT2D eigenvalue weighted by molar-refractivity contribution is 5.82. The second-order valence-electron chi connectivity index (χ2n) is 5.20. The minimum absolute atomic E-state index is 0.0371. The van der Waals surface area contributed by atoms with Gasteiger partial charge in [-0.3, -0.25) is 10.1 Å². The van der Waals surface area contributed by atoms with Crippen LogP contribution in [0.2, 0.25) is 0 Å². The van der Waals surface area contributed by atoms with Crippen molar-refractivity contribution in [3.8, 4) is 0 Å². The third kappa shape index (κ3) is 3.18. The van der Waals surface area contributed by atoms with Crippen LogP contribution >= 0.6 is 0 Å². The number of hydrogen-bond acceptors (Lipinski definition) is 2. The first-order valence-electron chi connectivity index (χ1n) is 6.75. The molecule has 0 aliphatic heterocycles. The molecule has 1 N–H and O–H groups in total. The summed E-state index contributed by atoms with van der Waals surface area (Å²) in [5, 5.41) is 11.5. The van der Waals surface area contributed by atoms with Crippen LogP contribution < -0.4 is 0 Å². The molecule has 0 saturated heterocycles. The highest BCUT2D eigenvalue weighted by atomic mass is 19.4. The quantitative estimate of drug-likeness (QED) is 0.562. The summed E-state index contributed by atoms with van der Waals surface area (Å²) in [6.07, 6.45) is -4.09. The van der Waals surface area contributed by atoms with E-state index in [0.717, 1.165) is 17.5 Å². The number of nitrogens with zero attached hydrogens (tertiary/aromatic N) is 1. The molecule has 0 saturated carbocycles. The van der Waals surface area contributed by atoms with Crippen molar-refractivity contribution in [3.63, 3.8) is 0 Å². The summed E-state index contributed by atoms with van der Waals surface area (Å²) in [4.78, 5) is 13.3. The van der Waals surface area contributed by atoms with E-state index in [1.54, 1.807) is 18.2 Å². The van der Waals surface area contributed by atoms with Crippen molar-refractivity contribution in [3.05, 3.63) is 75.5 Å². The Morgan fingerprint density at radius 1 is 1.09 bits per heavy atom. The molecule has 1 heterocycles. The lowest BCUT2D eigenvalue weighted by molar-refractivity contribution is -0.384. The van der Waals surface area contributed by atoms with Crippen LogP contribution in [-0.2, 0) is 12.6 Å². The number of aromatic amines is 1. The molecule has 0 amide bonds. The van der Waals surface area contributed by atoms with Crippen LogP contribution in [0.5, 0.6) is 0 Å². The van der Waals surface area contributed by atoms with Crippen molar-refractivity contribution >= 4 is 16.6 Å². The van der Waals surface area contributed by atoms with Crippen molar-refractivity contribution in [1.82, 2.24) is 4.98 Å². The summed E-state index contributed by atoms with van der Waals surface area (Å²) in [5.41, 5.74) is 1.06. The van der Waals surface area contributed by atoms with Gasteiger partial charge in [0.15, 0.2) is 0 Å². The molecule has 0 spiro atoms. The van der Waals surface area contributed by atoms with Crippen molar-refractivity contribution in [2.24, 2.45) is 0 Å². The minimum Gasteiger partial charge on any atom is -0.358 e. The van der Waals surface area contributed by atoms with Crippen LogP contribution in [0.15, 0.2) is 48.5 Å². The zero-order valence-electron chi connectivity index (χ0n) is 11.7. The lowest BCUT2D eigenvalue weighted by Crippen LogP contribution is -2.05. The molecule has 3 rings (SSSR count). The van der Waals surface area contributed by atoms with Gasteiger partial charge in [-0.1, -0.05) is 18.2 Å². The molecule has 118 valence electrons. The Hall–Kier alpha value is -2.83. The summed E-state index contributed by atoms with van der Waals surface area (Å²) in [5.74, 6) is 0. The van der Waals surface area contributed by atoms with Gasteiger partial charge in [0.2, 0.25) is 0 Å². The Morgan fingerprint density at radius 3 is 2.57 bits per heavy atom. The first kappa shape index (κ1) is 15.1. The molecule has 0 bridgehead atoms. The molecular weight excluding hydrogens is 309 g/mol. The molecule has 7 heteroatoms. The van der Waals surface area contributed by atoms with E-state index in [9.17, 15) is 23.3 Å². The number of H-pyrrole nitrogens is 1. The van der Waals surface area contributed by atoms with Crippen molar-refractivity contribution in [1.29, 1.82) is 0 Å². The van der Waals surface area contributed by atoms with Crippen LogP contribution in [0.3, 0.4) is 0 Å². The van der Waals surface area contributed by atoms with Crippen LogP contribution in [-0.4, -0.2) is 9.91 Å². The average molecular weight is 320 g/mol. The topological polar surface area (TPSA) is 58.9 Å². The average Bonchev–Trinajstić information content (AvgIpc) is 2.87. The van der Waals surface area contributed by atoms with Crippen molar-refractivity contribution in [2.75, 3.05) is 0 Å². The number of non-ortho nitro benzene ring substituents is 1. The number of nitrogens with one attached hydrogen (secondary N) is 1. The van der Waals surface area contributed by atoms with E-state index < -0.39 is 16.7 Å².